The Labute approximate surface area is 125 Å². The van der Waals surface area contributed by atoms with Gasteiger partial charge in [0.05, 0.1) is 0 Å². The lowest BCUT2D eigenvalue weighted by Gasteiger charge is -2.29. The molecule has 2 N–H and O–H groups in total. The summed E-state index contributed by atoms with van der Waals surface area (Å²) in [5.41, 5.74) is 7.57. The molecule has 1 aliphatic rings. The third-order valence-electron chi connectivity index (χ3n) is 4.43. The lowest BCUT2D eigenvalue weighted by atomic mass is 10.0. The Balaban J connectivity index is 1.93. The highest BCUT2D eigenvalue weighted by molar-refractivity contribution is 9.10. The van der Waals surface area contributed by atoms with Crippen molar-refractivity contribution in [2.45, 2.75) is 57.7 Å². The molecule has 3 atom stereocenters. The van der Waals surface area contributed by atoms with Crippen LogP contribution in [0.4, 0.5) is 0 Å². The van der Waals surface area contributed by atoms with E-state index in [0.717, 1.165) is 29.5 Å². The molecule has 0 aromatic heterocycles. The number of nitrogens with zero attached hydrogens (tertiary/aromatic N) is 1. The van der Waals surface area contributed by atoms with Gasteiger partial charge >= 0.3 is 0 Å². The van der Waals surface area contributed by atoms with Gasteiger partial charge in [-0.15, -0.1) is 0 Å². The van der Waals surface area contributed by atoms with Crippen LogP contribution in [0.25, 0.3) is 0 Å². The minimum atomic E-state index is 0.126. The molecule has 0 aliphatic carbocycles. The van der Waals surface area contributed by atoms with Crippen molar-refractivity contribution in [2.24, 2.45) is 5.73 Å². The predicted molar refractivity (Wildman–Crippen MR) is 85.2 cm³/mol. The van der Waals surface area contributed by atoms with E-state index in [1.807, 2.05) is 6.07 Å². The maximum atomic E-state index is 6.35. The van der Waals surface area contributed by atoms with E-state index in [9.17, 15) is 0 Å². The highest BCUT2D eigenvalue weighted by Crippen LogP contribution is 2.28. The number of likely N-dealkylation sites (tertiary alicyclic amines) is 1. The second-order valence-electron chi connectivity index (χ2n) is 5.64. The molecule has 0 amide bonds. The van der Waals surface area contributed by atoms with Crippen LogP contribution in [0.3, 0.4) is 0 Å². The second-order valence-corrected chi connectivity index (χ2v) is 6.50. The maximum Gasteiger partial charge on any atom is 0.0318 e. The zero-order valence-electron chi connectivity index (χ0n) is 12.0. The largest absolute Gasteiger partial charge is 0.324 e. The van der Waals surface area contributed by atoms with E-state index in [-0.39, 0.29) is 6.04 Å². The Hall–Kier alpha value is -0.380. The zero-order valence-corrected chi connectivity index (χ0v) is 13.6. The molecule has 1 saturated heterocycles. The van der Waals surface area contributed by atoms with Crippen LogP contribution in [-0.2, 0) is 0 Å². The van der Waals surface area contributed by atoms with Crippen LogP contribution < -0.4 is 5.73 Å². The summed E-state index contributed by atoms with van der Waals surface area (Å²) < 4.78 is 1.13. The van der Waals surface area contributed by atoms with Gasteiger partial charge in [-0.25, -0.2) is 0 Å². The molecular weight excluding hydrogens is 300 g/mol. The molecular formula is C16H25BrN2. The zero-order chi connectivity index (χ0) is 13.8. The summed E-state index contributed by atoms with van der Waals surface area (Å²) in [6, 6.07) is 9.91. The Bertz CT molecular complexity index is 407. The van der Waals surface area contributed by atoms with Gasteiger partial charge in [0.25, 0.3) is 0 Å². The predicted octanol–water partition coefficient (Wildman–Crippen LogP) is 4.10. The average Bonchev–Trinajstić information content (AvgIpc) is 2.77. The standard InChI is InChI=1S/C16H25BrN2/c1-3-13-9-8-12(2)19(13)11-10-16(18)14-6-4-5-7-15(14)17/h4-7,12-13,16H,3,8-11,18H2,1-2H3. The summed E-state index contributed by atoms with van der Waals surface area (Å²) in [7, 11) is 0. The molecule has 0 saturated carbocycles. The summed E-state index contributed by atoms with van der Waals surface area (Å²) in [5.74, 6) is 0. The number of hydrogen-bond acceptors (Lipinski definition) is 2. The molecule has 0 radical (unpaired) electrons. The van der Waals surface area contributed by atoms with Crippen LogP contribution in [0.1, 0.15) is 51.1 Å². The maximum absolute atomic E-state index is 6.35. The Kier molecular flexibility index (Phi) is 5.43. The van der Waals surface area contributed by atoms with E-state index in [1.165, 1.54) is 24.8 Å². The smallest absolute Gasteiger partial charge is 0.0318 e. The van der Waals surface area contributed by atoms with Crippen molar-refractivity contribution in [3.05, 3.63) is 34.3 Å². The van der Waals surface area contributed by atoms with Gasteiger partial charge in [0.1, 0.15) is 0 Å². The van der Waals surface area contributed by atoms with Gasteiger partial charge in [-0.1, -0.05) is 41.1 Å². The number of rotatable bonds is 5. The van der Waals surface area contributed by atoms with E-state index >= 15 is 0 Å². The highest BCUT2D eigenvalue weighted by Gasteiger charge is 2.29. The molecule has 0 spiro atoms. The first-order valence-electron chi connectivity index (χ1n) is 7.39. The molecule has 1 heterocycles. The van der Waals surface area contributed by atoms with Gasteiger partial charge in [-0.2, -0.15) is 0 Å². The van der Waals surface area contributed by atoms with Crippen molar-refractivity contribution >= 4 is 15.9 Å². The van der Waals surface area contributed by atoms with Gasteiger partial charge in [-0.3, -0.25) is 4.90 Å². The molecule has 3 unspecified atom stereocenters. The number of benzene rings is 1. The van der Waals surface area contributed by atoms with Crippen LogP contribution >= 0.6 is 15.9 Å². The van der Waals surface area contributed by atoms with Gasteiger partial charge in [-0.05, 0) is 44.2 Å². The lowest BCUT2D eigenvalue weighted by Crippen LogP contribution is -2.36. The first-order valence-corrected chi connectivity index (χ1v) is 8.18. The lowest BCUT2D eigenvalue weighted by molar-refractivity contribution is 0.191. The van der Waals surface area contributed by atoms with Crippen molar-refractivity contribution < 1.29 is 0 Å². The Morgan fingerprint density at radius 3 is 2.79 bits per heavy atom. The molecule has 1 aliphatic heterocycles. The molecule has 1 aromatic carbocycles. The topological polar surface area (TPSA) is 29.3 Å². The van der Waals surface area contributed by atoms with Crippen molar-refractivity contribution in [3.63, 3.8) is 0 Å². The van der Waals surface area contributed by atoms with Crippen molar-refractivity contribution in [1.82, 2.24) is 4.90 Å². The summed E-state index contributed by atoms with van der Waals surface area (Å²) in [6.45, 7) is 5.76. The van der Waals surface area contributed by atoms with Crippen molar-refractivity contribution in [3.8, 4) is 0 Å². The van der Waals surface area contributed by atoms with Crippen LogP contribution in [0.15, 0.2) is 28.7 Å². The van der Waals surface area contributed by atoms with Gasteiger partial charge in [0, 0.05) is 29.1 Å². The first-order chi connectivity index (χ1) is 9.13. The Morgan fingerprint density at radius 1 is 1.37 bits per heavy atom. The minimum absolute atomic E-state index is 0.126. The summed E-state index contributed by atoms with van der Waals surface area (Å²) in [6.07, 6.45) is 4.97. The fourth-order valence-corrected chi connectivity index (χ4v) is 3.76. The third-order valence-corrected chi connectivity index (χ3v) is 5.15. The van der Waals surface area contributed by atoms with E-state index in [0.29, 0.717) is 0 Å². The van der Waals surface area contributed by atoms with Gasteiger partial charge < -0.3 is 5.73 Å². The van der Waals surface area contributed by atoms with E-state index in [4.69, 9.17) is 5.73 Å². The van der Waals surface area contributed by atoms with Gasteiger partial charge in [0.15, 0.2) is 0 Å². The fourth-order valence-electron chi connectivity index (χ4n) is 3.19. The van der Waals surface area contributed by atoms with Gasteiger partial charge in [0.2, 0.25) is 0 Å². The molecule has 0 bridgehead atoms. The number of nitrogens with two attached hydrogens (primary N) is 1. The van der Waals surface area contributed by atoms with E-state index in [2.05, 4.69) is 52.9 Å². The first kappa shape index (κ1) is 15.0. The molecule has 3 heteroatoms. The van der Waals surface area contributed by atoms with Crippen molar-refractivity contribution in [1.29, 1.82) is 0 Å². The third kappa shape index (κ3) is 3.59. The molecule has 1 aromatic rings. The van der Waals surface area contributed by atoms with E-state index in [1.54, 1.807) is 0 Å². The molecule has 2 rings (SSSR count). The average molecular weight is 325 g/mol. The van der Waals surface area contributed by atoms with Crippen LogP contribution in [-0.4, -0.2) is 23.5 Å². The van der Waals surface area contributed by atoms with E-state index < -0.39 is 0 Å². The molecule has 106 valence electrons. The Morgan fingerprint density at radius 2 is 2.11 bits per heavy atom. The van der Waals surface area contributed by atoms with Crippen LogP contribution in [0, 0.1) is 0 Å². The fraction of sp³-hybridized carbons (Fsp3) is 0.625. The molecule has 2 nitrogen and oxygen atoms in total. The monoisotopic (exact) mass is 324 g/mol. The molecule has 19 heavy (non-hydrogen) atoms. The van der Waals surface area contributed by atoms with Crippen LogP contribution in [0.5, 0.6) is 0 Å². The second kappa shape index (κ2) is 6.87. The SMILES string of the molecule is CCC1CCC(C)N1CCC(N)c1ccccc1Br. The van der Waals surface area contributed by atoms with Crippen molar-refractivity contribution in [2.75, 3.05) is 6.54 Å². The molecule has 1 fully saturated rings. The summed E-state index contributed by atoms with van der Waals surface area (Å²) in [4.78, 5) is 2.65. The quantitative estimate of drug-likeness (QED) is 0.883. The summed E-state index contributed by atoms with van der Waals surface area (Å²) >= 11 is 3.59. The normalized spacial score (nSPS) is 25.7. The number of halogens is 1. The summed E-state index contributed by atoms with van der Waals surface area (Å²) in [5, 5.41) is 0. The minimum Gasteiger partial charge on any atom is -0.324 e. The highest BCUT2D eigenvalue weighted by atomic mass is 79.9. The number of hydrogen-bond donors (Lipinski definition) is 1. The van der Waals surface area contributed by atoms with Crippen LogP contribution in [0.2, 0.25) is 0 Å².